The van der Waals surface area contributed by atoms with E-state index in [1.54, 1.807) is 14.2 Å². The molecule has 5 heteroatoms. The van der Waals surface area contributed by atoms with E-state index in [2.05, 4.69) is 30.4 Å². The summed E-state index contributed by atoms with van der Waals surface area (Å²) in [4.78, 5) is 13.9. The van der Waals surface area contributed by atoms with Crippen molar-refractivity contribution in [1.82, 2.24) is 10.2 Å². The van der Waals surface area contributed by atoms with E-state index >= 15 is 0 Å². The number of hydrogen-bond acceptors (Lipinski definition) is 3. The second-order valence-corrected chi connectivity index (χ2v) is 6.05. The normalized spacial score (nSPS) is 11.7. The third-order valence-corrected chi connectivity index (χ3v) is 4.23. The highest BCUT2D eigenvalue weighted by Crippen LogP contribution is 2.21. The molecule has 0 aliphatic heterocycles. The van der Waals surface area contributed by atoms with Crippen LogP contribution in [-0.4, -0.2) is 43.3 Å². The zero-order valence-electron chi connectivity index (χ0n) is 15.0. The number of benzene rings is 2. The number of carbonyl (C=O) groups excluding carboxylic acids is 1. The van der Waals surface area contributed by atoms with Crippen LogP contribution < -0.4 is 10.1 Å². The van der Waals surface area contributed by atoms with E-state index in [0.29, 0.717) is 6.54 Å². The Kier molecular flexibility index (Phi) is 6.83. The van der Waals surface area contributed by atoms with E-state index in [0.717, 1.165) is 17.7 Å². The molecule has 0 saturated heterocycles. The molecule has 2 aromatic carbocycles. The van der Waals surface area contributed by atoms with Gasteiger partial charge in [-0.25, -0.2) is 4.79 Å². The van der Waals surface area contributed by atoms with Gasteiger partial charge in [-0.05, 0) is 36.6 Å². The highest BCUT2D eigenvalue weighted by molar-refractivity contribution is 5.74. The molecule has 0 fully saturated rings. The second kappa shape index (κ2) is 9.08. The fourth-order valence-electron chi connectivity index (χ4n) is 2.73. The van der Waals surface area contributed by atoms with E-state index < -0.39 is 6.04 Å². The van der Waals surface area contributed by atoms with Gasteiger partial charge >= 0.3 is 6.03 Å². The van der Waals surface area contributed by atoms with Crippen LogP contribution in [0.5, 0.6) is 5.75 Å². The molecule has 0 aromatic heterocycles. The Balaban J connectivity index is 1.92. The highest BCUT2D eigenvalue weighted by atomic mass is 16.5. The molecule has 0 aliphatic carbocycles. The van der Waals surface area contributed by atoms with Gasteiger partial charge in [0, 0.05) is 13.6 Å². The lowest BCUT2D eigenvalue weighted by atomic mass is 10.1. The summed E-state index contributed by atoms with van der Waals surface area (Å²) >= 11 is 0. The summed E-state index contributed by atoms with van der Waals surface area (Å²) < 4.78 is 5.14. The Morgan fingerprint density at radius 1 is 1.24 bits per heavy atom. The van der Waals surface area contributed by atoms with Crippen molar-refractivity contribution in [2.75, 3.05) is 27.3 Å². The largest absolute Gasteiger partial charge is 0.497 e. The number of carbonyl (C=O) groups is 1. The van der Waals surface area contributed by atoms with Crippen molar-refractivity contribution in [3.05, 3.63) is 65.2 Å². The summed E-state index contributed by atoms with van der Waals surface area (Å²) in [6.07, 6.45) is 0.771. The highest BCUT2D eigenvalue weighted by Gasteiger charge is 2.20. The number of amides is 2. The Hall–Kier alpha value is -2.53. The summed E-state index contributed by atoms with van der Waals surface area (Å²) in [6, 6.07) is 15.0. The third-order valence-electron chi connectivity index (χ3n) is 4.23. The maximum absolute atomic E-state index is 12.4. The summed E-state index contributed by atoms with van der Waals surface area (Å²) in [5.74, 6) is 0.741. The fraction of sp³-hybridized carbons (Fsp3) is 0.350. The minimum Gasteiger partial charge on any atom is -0.497 e. The number of likely N-dealkylation sites (N-methyl/N-ethyl adjacent to an activating group) is 1. The van der Waals surface area contributed by atoms with Gasteiger partial charge in [0.1, 0.15) is 5.75 Å². The predicted octanol–water partition coefficient (Wildman–Crippen LogP) is 2.92. The van der Waals surface area contributed by atoms with Gasteiger partial charge in [-0.2, -0.15) is 0 Å². The van der Waals surface area contributed by atoms with E-state index in [1.807, 2.05) is 30.3 Å². The van der Waals surface area contributed by atoms with Crippen LogP contribution in [0.25, 0.3) is 0 Å². The fourth-order valence-corrected chi connectivity index (χ4v) is 2.73. The molecule has 1 unspecified atom stereocenters. The van der Waals surface area contributed by atoms with Gasteiger partial charge in [-0.3, -0.25) is 0 Å². The molecular formula is C20H26N2O3. The van der Waals surface area contributed by atoms with Crippen LogP contribution in [0.2, 0.25) is 0 Å². The number of ether oxygens (including phenoxy) is 1. The predicted molar refractivity (Wildman–Crippen MR) is 98.9 cm³/mol. The lowest BCUT2D eigenvalue weighted by Gasteiger charge is -2.27. The quantitative estimate of drug-likeness (QED) is 0.813. The van der Waals surface area contributed by atoms with Crippen LogP contribution in [0.4, 0.5) is 4.79 Å². The van der Waals surface area contributed by atoms with E-state index in [1.165, 1.54) is 16.0 Å². The maximum atomic E-state index is 12.4. The molecule has 2 N–H and O–H groups in total. The van der Waals surface area contributed by atoms with Crippen molar-refractivity contribution in [1.29, 1.82) is 0 Å². The Morgan fingerprint density at radius 3 is 2.56 bits per heavy atom. The molecule has 2 amide bonds. The molecule has 0 radical (unpaired) electrons. The van der Waals surface area contributed by atoms with Crippen molar-refractivity contribution < 1.29 is 14.6 Å². The number of aliphatic hydroxyl groups is 1. The monoisotopic (exact) mass is 342 g/mol. The minimum atomic E-state index is -0.398. The summed E-state index contributed by atoms with van der Waals surface area (Å²) in [6.45, 7) is 2.46. The van der Waals surface area contributed by atoms with Gasteiger partial charge in [0.2, 0.25) is 0 Å². The maximum Gasteiger partial charge on any atom is 0.317 e. The average Bonchev–Trinajstić information content (AvgIpc) is 2.62. The summed E-state index contributed by atoms with van der Waals surface area (Å²) in [5.41, 5.74) is 3.26. The van der Waals surface area contributed by atoms with E-state index in [4.69, 9.17) is 4.74 Å². The molecular weight excluding hydrogens is 316 g/mol. The van der Waals surface area contributed by atoms with Crippen molar-refractivity contribution >= 4 is 6.03 Å². The molecule has 2 rings (SSSR count). The average molecular weight is 342 g/mol. The van der Waals surface area contributed by atoms with Crippen LogP contribution in [-0.2, 0) is 6.42 Å². The van der Waals surface area contributed by atoms with E-state index in [9.17, 15) is 9.90 Å². The molecule has 0 spiro atoms. The second-order valence-electron chi connectivity index (χ2n) is 6.05. The lowest BCUT2D eigenvalue weighted by molar-refractivity contribution is 0.150. The first-order valence-corrected chi connectivity index (χ1v) is 8.36. The molecule has 5 nitrogen and oxygen atoms in total. The van der Waals surface area contributed by atoms with Crippen molar-refractivity contribution in [2.45, 2.75) is 19.4 Å². The number of methoxy groups -OCH3 is 1. The molecule has 0 saturated carbocycles. The Morgan fingerprint density at radius 2 is 1.96 bits per heavy atom. The molecule has 25 heavy (non-hydrogen) atoms. The topological polar surface area (TPSA) is 61.8 Å². The van der Waals surface area contributed by atoms with Crippen LogP contribution in [0, 0.1) is 6.92 Å². The lowest BCUT2D eigenvalue weighted by Crippen LogP contribution is -2.41. The first-order chi connectivity index (χ1) is 12.0. The van der Waals surface area contributed by atoms with Crippen LogP contribution in [0.3, 0.4) is 0 Å². The summed E-state index contributed by atoms with van der Waals surface area (Å²) in [7, 11) is 3.29. The van der Waals surface area contributed by atoms with Gasteiger partial charge in [0.05, 0.1) is 19.8 Å². The molecule has 2 aromatic rings. The summed E-state index contributed by atoms with van der Waals surface area (Å²) in [5, 5.41) is 12.6. The van der Waals surface area contributed by atoms with E-state index in [-0.39, 0.29) is 12.6 Å². The van der Waals surface area contributed by atoms with Crippen LogP contribution in [0.15, 0.2) is 48.5 Å². The first-order valence-electron chi connectivity index (χ1n) is 8.36. The molecule has 0 heterocycles. The van der Waals surface area contributed by atoms with Crippen molar-refractivity contribution in [3.8, 4) is 5.75 Å². The number of aryl methyl sites for hydroxylation is 1. The Labute approximate surface area is 149 Å². The minimum absolute atomic E-state index is 0.145. The van der Waals surface area contributed by atoms with Gasteiger partial charge < -0.3 is 20.1 Å². The van der Waals surface area contributed by atoms with Crippen molar-refractivity contribution in [2.24, 2.45) is 0 Å². The van der Waals surface area contributed by atoms with Crippen LogP contribution >= 0.6 is 0 Å². The third kappa shape index (κ3) is 5.22. The number of urea groups is 1. The molecule has 0 aliphatic rings. The number of aliphatic hydroxyl groups excluding tert-OH is 1. The van der Waals surface area contributed by atoms with Gasteiger partial charge in [-0.15, -0.1) is 0 Å². The number of nitrogens with one attached hydrogen (secondary N) is 1. The number of rotatable bonds is 7. The molecule has 0 bridgehead atoms. The number of hydrogen-bond donors (Lipinski definition) is 2. The van der Waals surface area contributed by atoms with Gasteiger partial charge in [0.15, 0.2) is 0 Å². The standard InChI is InChI=1S/C20H26N2O3/c1-15-5-4-6-16(13-15)11-12-21-20(24)22(2)19(14-23)17-7-9-18(25-3)10-8-17/h4-10,13,19,23H,11-12,14H2,1-3H3,(H,21,24). The SMILES string of the molecule is COc1ccc(C(CO)N(C)C(=O)NCCc2cccc(C)c2)cc1. The Bertz CT molecular complexity index is 686. The smallest absolute Gasteiger partial charge is 0.317 e. The van der Waals surface area contributed by atoms with Crippen molar-refractivity contribution in [3.63, 3.8) is 0 Å². The van der Waals surface area contributed by atoms with Crippen LogP contribution in [0.1, 0.15) is 22.7 Å². The molecule has 134 valence electrons. The molecule has 1 atom stereocenters. The first kappa shape index (κ1) is 18.8. The zero-order valence-corrected chi connectivity index (χ0v) is 15.0. The zero-order chi connectivity index (χ0) is 18.2. The van der Waals surface area contributed by atoms with Gasteiger partial charge in [0.25, 0.3) is 0 Å². The number of nitrogens with zero attached hydrogens (tertiary/aromatic N) is 1. The van der Waals surface area contributed by atoms with Gasteiger partial charge in [-0.1, -0.05) is 42.0 Å².